The third-order valence-electron chi connectivity index (χ3n) is 5.57. The van der Waals surface area contributed by atoms with Gasteiger partial charge in [0.25, 0.3) is 0 Å². The van der Waals surface area contributed by atoms with E-state index in [1.165, 1.54) is 0 Å². The Morgan fingerprint density at radius 1 is 0.811 bits per heavy atom. The summed E-state index contributed by atoms with van der Waals surface area (Å²) in [6.45, 7) is 7.39. The largest absolute Gasteiger partial charge is 0.461 e. The highest BCUT2D eigenvalue weighted by atomic mass is 16.6. The van der Waals surface area contributed by atoms with Crippen LogP contribution in [0.25, 0.3) is 0 Å². The van der Waals surface area contributed by atoms with Crippen LogP contribution in [-0.2, 0) is 25.7 Å². The van der Waals surface area contributed by atoms with Crippen molar-refractivity contribution in [3.05, 3.63) is 120 Å². The fourth-order valence-electron chi connectivity index (χ4n) is 3.77. The van der Waals surface area contributed by atoms with E-state index in [-0.39, 0.29) is 19.4 Å². The lowest BCUT2D eigenvalue weighted by Gasteiger charge is -2.31. The highest BCUT2D eigenvalue weighted by Gasteiger charge is 2.44. The van der Waals surface area contributed by atoms with Crippen molar-refractivity contribution in [2.75, 3.05) is 0 Å². The molecule has 1 unspecified atom stereocenters. The average Bonchev–Trinajstić information content (AvgIpc) is 2.89. The van der Waals surface area contributed by atoms with E-state index in [2.05, 4.69) is 0 Å². The van der Waals surface area contributed by atoms with Gasteiger partial charge in [-0.25, -0.2) is 4.79 Å². The molecule has 0 spiro atoms. The van der Waals surface area contributed by atoms with Gasteiger partial charge in [0.05, 0.1) is 12.1 Å². The molecule has 0 radical (unpaired) electrons. The molecule has 0 saturated carbocycles. The Morgan fingerprint density at radius 2 is 1.32 bits per heavy atom. The van der Waals surface area contributed by atoms with Crippen LogP contribution in [-0.4, -0.2) is 28.8 Å². The molecule has 5 nitrogen and oxygen atoms in total. The number of carbonyl (C=O) groups is 2. The van der Waals surface area contributed by atoms with E-state index < -0.39 is 23.1 Å². The first-order valence-corrected chi connectivity index (χ1v) is 12.5. The van der Waals surface area contributed by atoms with Gasteiger partial charge < -0.3 is 9.47 Å². The molecule has 37 heavy (non-hydrogen) atoms. The van der Waals surface area contributed by atoms with Crippen LogP contribution in [0, 0.1) is 0 Å². The number of hydrogen-bond donors (Lipinski definition) is 0. The predicted molar refractivity (Wildman–Crippen MR) is 147 cm³/mol. The molecule has 0 bridgehead atoms. The topological polar surface area (TPSA) is 65.0 Å². The van der Waals surface area contributed by atoms with E-state index >= 15 is 0 Å². The third kappa shape index (κ3) is 8.28. The van der Waals surface area contributed by atoms with Crippen LogP contribution in [0.15, 0.2) is 108 Å². The van der Waals surface area contributed by atoms with Gasteiger partial charge in [0, 0.05) is 17.5 Å². The van der Waals surface area contributed by atoms with Gasteiger partial charge in [-0.1, -0.05) is 103 Å². The lowest BCUT2D eigenvalue weighted by Crippen LogP contribution is -2.44. The van der Waals surface area contributed by atoms with Gasteiger partial charge in [-0.2, -0.15) is 0 Å². The van der Waals surface area contributed by atoms with Crippen molar-refractivity contribution in [1.29, 1.82) is 0 Å². The Morgan fingerprint density at radius 3 is 1.81 bits per heavy atom. The van der Waals surface area contributed by atoms with Crippen LogP contribution in [0.3, 0.4) is 0 Å². The van der Waals surface area contributed by atoms with Crippen LogP contribution in [0.5, 0.6) is 0 Å². The fraction of sp³-hybridized carbons (Fsp3) is 0.281. The molecule has 0 aliphatic carbocycles. The minimum atomic E-state index is -1.52. The van der Waals surface area contributed by atoms with E-state index in [4.69, 9.17) is 14.5 Å². The average molecular weight is 498 g/mol. The van der Waals surface area contributed by atoms with Gasteiger partial charge in [-0.05, 0) is 33.3 Å². The molecular weight excluding hydrogens is 462 g/mol. The quantitative estimate of drug-likeness (QED) is 0.178. The molecular formula is C32H35NO4. The van der Waals surface area contributed by atoms with E-state index in [1.807, 2.05) is 110 Å². The van der Waals surface area contributed by atoms with E-state index in [1.54, 1.807) is 20.8 Å². The number of esters is 2. The summed E-state index contributed by atoms with van der Waals surface area (Å²) in [5.41, 5.74) is 0.854. The number of ether oxygens (including phenoxy) is 2. The highest BCUT2D eigenvalue weighted by Crippen LogP contribution is 2.30. The van der Waals surface area contributed by atoms with Crippen LogP contribution in [0.2, 0.25) is 0 Å². The molecule has 5 heteroatoms. The maximum Gasteiger partial charge on any atom is 0.335 e. The molecule has 0 aliphatic heterocycles. The maximum absolute atomic E-state index is 13.8. The minimum absolute atomic E-state index is 0.113. The summed E-state index contributed by atoms with van der Waals surface area (Å²) in [6.07, 6.45) is 3.60. The summed E-state index contributed by atoms with van der Waals surface area (Å²) in [5.74, 6) is -1.09. The summed E-state index contributed by atoms with van der Waals surface area (Å²) in [7, 11) is 0. The molecule has 1 atom stereocenters. The number of benzene rings is 3. The Labute approximate surface area is 219 Å². The number of hydrogen-bond acceptors (Lipinski definition) is 5. The second kappa shape index (κ2) is 12.8. The second-order valence-corrected chi connectivity index (χ2v) is 9.82. The molecule has 192 valence electrons. The number of nitrogens with zero attached hydrogens (tertiary/aromatic N) is 1. The smallest absolute Gasteiger partial charge is 0.335 e. The zero-order chi connectivity index (χ0) is 26.7. The summed E-state index contributed by atoms with van der Waals surface area (Å²) in [6, 6.07) is 28.7. The Balaban J connectivity index is 2.11. The van der Waals surface area contributed by atoms with Crippen molar-refractivity contribution in [2.24, 2.45) is 4.99 Å². The molecule has 0 aromatic heterocycles. The van der Waals surface area contributed by atoms with Crippen molar-refractivity contribution < 1.29 is 19.1 Å². The lowest BCUT2D eigenvalue weighted by atomic mass is 9.89. The zero-order valence-electron chi connectivity index (χ0n) is 22.0. The summed E-state index contributed by atoms with van der Waals surface area (Å²) < 4.78 is 11.4. The molecule has 0 fully saturated rings. The van der Waals surface area contributed by atoms with Gasteiger partial charge in [-0.15, -0.1) is 0 Å². The van der Waals surface area contributed by atoms with Crippen molar-refractivity contribution in [3.8, 4) is 0 Å². The van der Waals surface area contributed by atoms with Crippen molar-refractivity contribution >= 4 is 17.7 Å². The number of allylic oxidation sites excluding steroid dienone is 1. The van der Waals surface area contributed by atoms with E-state index in [9.17, 15) is 9.59 Å². The monoisotopic (exact) mass is 497 g/mol. The summed E-state index contributed by atoms with van der Waals surface area (Å²) >= 11 is 0. The predicted octanol–water partition coefficient (Wildman–Crippen LogP) is 6.70. The lowest BCUT2D eigenvalue weighted by molar-refractivity contribution is -0.165. The van der Waals surface area contributed by atoms with Gasteiger partial charge >= 0.3 is 11.9 Å². The van der Waals surface area contributed by atoms with Crippen molar-refractivity contribution in [2.45, 2.75) is 58.3 Å². The SMILES string of the molecule is CC=CCC(CC(=O)OCc1ccccc1)(N=C(c1ccccc1)c1ccccc1)C(=O)OC(C)(C)C. The number of aliphatic imine (C=N–C) groups is 1. The molecule has 3 aromatic carbocycles. The maximum atomic E-state index is 13.8. The van der Waals surface area contributed by atoms with Gasteiger partial charge in [0.1, 0.15) is 12.2 Å². The molecule has 0 N–H and O–H groups in total. The Hall–Kier alpha value is -3.99. The first-order valence-electron chi connectivity index (χ1n) is 12.5. The molecule has 3 aromatic rings. The highest BCUT2D eigenvalue weighted by molar-refractivity contribution is 6.14. The van der Waals surface area contributed by atoms with Gasteiger partial charge in [0.2, 0.25) is 0 Å². The van der Waals surface area contributed by atoms with Crippen LogP contribution < -0.4 is 0 Å². The summed E-state index contributed by atoms with van der Waals surface area (Å²) in [5, 5.41) is 0. The standard InChI is InChI=1S/C32H35NO4/c1-5-6-22-32(30(35)37-31(2,3)4,23-28(34)36-24-25-16-10-7-11-17-25)33-29(26-18-12-8-13-19-26)27-20-14-9-15-21-27/h5-21H,22-24H2,1-4H3. The van der Waals surface area contributed by atoms with Crippen molar-refractivity contribution in [1.82, 2.24) is 0 Å². The first-order chi connectivity index (χ1) is 17.7. The molecule has 0 aliphatic rings. The van der Waals surface area contributed by atoms with Gasteiger partial charge in [0.15, 0.2) is 5.54 Å². The Kier molecular flexibility index (Phi) is 9.56. The van der Waals surface area contributed by atoms with E-state index in [0.717, 1.165) is 16.7 Å². The van der Waals surface area contributed by atoms with Crippen LogP contribution in [0.1, 0.15) is 57.2 Å². The second-order valence-electron chi connectivity index (χ2n) is 9.82. The molecule has 0 heterocycles. The molecule has 3 rings (SSSR count). The minimum Gasteiger partial charge on any atom is -0.461 e. The molecule has 0 saturated heterocycles. The van der Waals surface area contributed by atoms with Crippen LogP contribution >= 0.6 is 0 Å². The zero-order valence-corrected chi connectivity index (χ0v) is 22.0. The third-order valence-corrected chi connectivity index (χ3v) is 5.57. The fourth-order valence-corrected chi connectivity index (χ4v) is 3.77. The normalized spacial score (nSPS) is 13.0. The van der Waals surface area contributed by atoms with Gasteiger partial charge in [-0.3, -0.25) is 9.79 Å². The van der Waals surface area contributed by atoms with Crippen molar-refractivity contribution in [3.63, 3.8) is 0 Å². The summed E-state index contributed by atoms with van der Waals surface area (Å²) in [4.78, 5) is 32.1. The number of rotatable bonds is 10. The Bertz CT molecular complexity index is 1170. The molecule has 0 amide bonds. The van der Waals surface area contributed by atoms with Crippen LogP contribution in [0.4, 0.5) is 0 Å². The first kappa shape index (κ1) is 27.6. The number of carbonyl (C=O) groups excluding carboxylic acids is 2. The van der Waals surface area contributed by atoms with E-state index in [0.29, 0.717) is 5.71 Å².